The van der Waals surface area contributed by atoms with E-state index in [2.05, 4.69) is 4.74 Å². The van der Waals surface area contributed by atoms with Crippen LogP contribution in [-0.4, -0.2) is 20.1 Å². The Kier molecular flexibility index (Phi) is 5.47. The molecule has 0 rings (SSSR count). The first kappa shape index (κ1) is 11.2. The van der Waals surface area contributed by atoms with E-state index >= 15 is 0 Å². The third kappa shape index (κ3) is 5.98. The molecule has 70 valence electrons. The fraction of sp³-hybridized carbons (Fsp3) is 0.857. The molecule has 0 spiro atoms. The lowest BCUT2D eigenvalue weighted by atomic mass is 10.3. The van der Waals surface area contributed by atoms with Crippen LogP contribution in [0.4, 0.5) is 0 Å². The van der Waals surface area contributed by atoms with Gasteiger partial charge in [-0.05, 0) is 6.42 Å². The average Bonchev–Trinajstić information content (AvgIpc) is 2.01. The predicted octanol–water partition coefficient (Wildman–Crippen LogP) is 1.05. The molecule has 0 bridgehead atoms. The van der Waals surface area contributed by atoms with Gasteiger partial charge in [0.15, 0.2) is 9.84 Å². The van der Waals surface area contributed by atoms with Crippen LogP contribution in [0.3, 0.4) is 0 Å². The highest BCUT2D eigenvalue weighted by Gasteiger charge is 2.09. The number of sulfone groups is 1. The van der Waals surface area contributed by atoms with E-state index in [9.17, 15) is 8.42 Å². The molecule has 0 aromatic carbocycles. The summed E-state index contributed by atoms with van der Waals surface area (Å²) in [4.78, 5) is 0. The summed E-state index contributed by atoms with van der Waals surface area (Å²) in [6.07, 6.45) is 3.86. The molecule has 0 aliphatic heterocycles. The number of unbranched alkanes of at least 4 members (excludes halogenated alkanes) is 2. The lowest BCUT2D eigenvalue weighted by molar-refractivity contribution is 0.328. The van der Waals surface area contributed by atoms with Crippen LogP contribution in [0.2, 0.25) is 0 Å². The summed E-state index contributed by atoms with van der Waals surface area (Å²) >= 11 is 0. The summed E-state index contributed by atoms with van der Waals surface area (Å²) in [5, 5.41) is 7.96. The van der Waals surface area contributed by atoms with E-state index in [0.29, 0.717) is 6.42 Å². The molecule has 0 saturated carbocycles. The van der Waals surface area contributed by atoms with Gasteiger partial charge in [0.2, 0.25) is 5.94 Å². The van der Waals surface area contributed by atoms with Gasteiger partial charge in [0.05, 0.1) is 5.75 Å². The summed E-state index contributed by atoms with van der Waals surface area (Å²) in [7, 11) is -3.16. The van der Waals surface area contributed by atoms with Crippen molar-refractivity contribution in [1.82, 2.24) is 0 Å². The Morgan fingerprint density at radius 2 is 2.08 bits per heavy atom. The number of rotatable bonds is 6. The number of ether oxygens (including phenoxy) is 1. The first-order valence-electron chi connectivity index (χ1n) is 3.83. The van der Waals surface area contributed by atoms with Gasteiger partial charge in [-0.2, -0.15) is 5.26 Å². The summed E-state index contributed by atoms with van der Waals surface area (Å²) in [6, 6.07) is 0. The number of hydrogen-bond acceptors (Lipinski definition) is 4. The predicted molar refractivity (Wildman–Crippen MR) is 44.9 cm³/mol. The Morgan fingerprint density at radius 3 is 2.58 bits per heavy atom. The van der Waals surface area contributed by atoms with Crippen molar-refractivity contribution in [2.24, 2.45) is 0 Å². The first-order chi connectivity index (χ1) is 5.62. The fourth-order valence-electron chi connectivity index (χ4n) is 0.747. The third-order valence-corrected chi connectivity index (χ3v) is 2.75. The molecule has 0 saturated heterocycles. The normalized spacial score (nSPS) is 10.7. The van der Waals surface area contributed by atoms with Gasteiger partial charge in [0.25, 0.3) is 6.26 Å². The van der Waals surface area contributed by atoms with E-state index in [0.717, 1.165) is 12.8 Å². The molecule has 4 nitrogen and oxygen atoms in total. The number of hydrogen-bond donors (Lipinski definition) is 0. The van der Waals surface area contributed by atoms with Gasteiger partial charge < -0.3 is 4.74 Å². The SMILES string of the molecule is CCCCCS(=O)(=O)COC#N. The maximum Gasteiger partial charge on any atom is 0.287 e. The molecule has 0 radical (unpaired) electrons. The molecule has 12 heavy (non-hydrogen) atoms. The Bertz CT molecular complexity index is 240. The monoisotopic (exact) mass is 191 g/mol. The second-order valence-corrected chi connectivity index (χ2v) is 4.64. The van der Waals surface area contributed by atoms with E-state index in [1.165, 1.54) is 6.26 Å². The van der Waals surface area contributed by atoms with E-state index < -0.39 is 15.8 Å². The Balaban J connectivity index is 3.67. The van der Waals surface area contributed by atoms with Gasteiger partial charge in [-0.3, -0.25) is 0 Å². The zero-order chi connectivity index (χ0) is 9.45. The van der Waals surface area contributed by atoms with Crippen molar-refractivity contribution in [3.05, 3.63) is 0 Å². The molecule has 0 unspecified atom stereocenters. The highest BCUT2D eigenvalue weighted by molar-refractivity contribution is 7.91. The molecule has 0 aromatic heterocycles. The highest BCUT2D eigenvalue weighted by Crippen LogP contribution is 2.00. The molecule has 5 heteroatoms. The van der Waals surface area contributed by atoms with Gasteiger partial charge in [0.1, 0.15) is 0 Å². The Hall–Kier alpha value is -0.760. The van der Waals surface area contributed by atoms with Gasteiger partial charge in [-0.1, -0.05) is 19.8 Å². The van der Waals surface area contributed by atoms with Crippen molar-refractivity contribution in [1.29, 1.82) is 5.26 Å². The van der Waals surface area contributed by atoms with Crippen molar-refractivity contribution in [3.63, 3.8) is 0 Å². The summed E-state index contributed by atoms with van der Waals surface area (Å²) in [5.41, 5.74) is 0. The zero-order valence-corrected chi connectivity index (χ0v) is 7.93. The molecule has 0 aromatic rings. The van der Waals surface area contributed by atoms with Crippen LogP contribution in [0.5, 0.6) is 0 Å². The second-order valence-electron chi connectivity index (χ2n) is 2.51. The minimum absolute atomic E-state index is 0.114. The van der Waals surface area contributed by atoms with Crippen molar-refractivity contribution in [2.45, 2.75) is 26.2 Å². The van der Waals surface area contributed by atoms with E-state index in [-0.39, 0.29) is 5.75 Å². The minimum Gasteiger partial charge on any atom is -0.411 e. The number of nitriles is 1. The smallest absolute Gasteiger partial charge is 0.287 e. The zero-order valence-electron chi connectivity index (χ0n) is 7.12. The molecular formula is C7H13NO3S. The van der Waals surface area contributed by atoms with Crippen molar-refractivity contribution < 1.29 is 13.2 Å². The Morgan fingerprint density at radius 1 is 1.42 bits per heavy atom. The molecule has 0 heterocycles. The lowest BCUT2D eigenvalue weighted by Crippen LogP contribution is -2.11. The fourth-order valence-corrected chi connectivity index (χ4v) is 1.74. The van der Waals surface area contributed by atoms with Gasteiger partial charge in [-0.15, -0.1) is 0 Å². The van der Waals surface area contributed by atoms with Crippen LogP contribution in [0.25, 0.3) is 0 Å². The molecule has 0 N–H and O–H groups in total. The molecule has 0 amide bonds. The molecular weight excluding hydrogens is 178 g/mol. The van der Waals surface area contributed by atoms with Crippen LogP contribution in [0.1, 0.15) is 26.2 Å². The average molecular weight is 191 g/mol. The van der Waals surface area contributed by atoms with Gasteiger partial charge in [0, 0.05) is 0 Å². The van der Waals surface area contributed by atoms with E-state index in [4.69, 9.17) is 5.26 Å². The van der Waals surface area contributed by atoms with Crippen LogP contribution < -0.4 is 0 Å². The minimum atomic E-state index is -3.16. The summed E-state index contributed by atoms with van der Waals surface area (Å²) < 4.78 is 26.1. The van der Waals surface area contributed by atoms with Crippen LogP contribution in [0.15, 0.2) is 0 Å². The van der Waals surface area contributed by atoms with Crippen molar-refractivity contribution >= 4 is 9.84 Å². The Labute approximate surface area is 73.1 Å². The maximum atomic E-state index is 11.0. The third-order valence-electron chi connectivity index (χ3n) is 1.36. The number of nitrogens with zero attached hydrogens (tertiary/aromatic N) is 1. The highest BCUT2D eigenvalue weighted by atomic mass is 32.2. The van der Waals surface area contributed by atoms with Crippen LogP contribution in [0, 0.1) is 11.5 Å². The van der Waals surface area contributed by atoms with E-state index in [1.807, 2.05) is 6.92 Å². The summed E-state index contributed by atoms with van der Waals surface area (Å²) in [6.45, 7) is 2.00. The van der Waals surface area contributed by atoms with E-state index in [1.54, 1.807) is 0 Å². The van der Waals surface area contributed by atoms with Crippen molar-refractivity contribution in [3.8, 4) is 6.26 Å². The quantitative estimate of drug-likeness (QED) is 0.465. The largest absolute Gasteiger partial charge is 0.411 e. The lowest BCUT2D eigenvalue weighted by Gasteiger charge is -2.00. The molecule has 0 fully saturated rings. The standard InChI is InChI=1S/C7H13NO3S/c1-2-3-4-5-12(9,10)7-11-6-8/h2-5,7H2,1H3. The van der Waals surface area contributed by atoms with Crippen LogP contribution >= 0.6 is 0 Å². The van der Waals surface area contributed by atoms with Crippen molar-refractivity contribution in [2.75, 3.05) is 11.7 Å². The first-order valence-corrected chi connectivity index (χ1v) is 5.66. The van der Waals surface area contributed by atoms with Crippen LogP contribution in [-0.2, 0) is 14.6 Å². The molecule has 0 aliphatic rings. The summed E-state index contributed by atoms with van der Waals surface area (Å²) in [5.74, 6) is -0.365. The van der Waals surface area contributed by atoms with Gasteiger partial charge in [-0.25, -0.2) is 8.42 Å². The molecule has 0 atom stereocenters. The molecule has 0 aliphatic carbocycles. The van der Waals surface area contributed by atoms with Gasteiger partial charge >= 0.3 is 0 Å². The maximum absolute atomic E-state index is 11.0. The topological polar surface area (TPSA) is 67.2 Å². The second kappa shape index (κ2) is 5.84.